The van der Waals surface area contributed by atoms with Gasteiger partial charge in [-0.3, -0.25) is 0 Å². The summed E-state index contributed by atoms with van der Waals surface area (Å²) in [5.41, 5.74) is 6.58. The molecule has 6 rings (SSSR count). The van der Waals surface area contributed by atoms with Crippen LogP contribution in [0.4, 0.5) is 0 Å². The SMILES string of the molecule is COc1cccc(P(C2CCCCC2)C2CCCCC2)c1-c1c(Br)cccc1P(C1CCCCC1)C1CCCCC1. The number of methoxy groups -OCH3 is 1. The molecule has 0 unspecified atom stereocenters. The second-order valence-electron chi connectivity index (χ2n) is 13.5. The average molecular weight is 656 g/mol. The van der Waals surface area contributed by atoms with Gasteiger partial charge >= 0.3 is 0 Å². The van der Waals surface area contributed by atoms with Gasteiger partial charge in [-0.1, -0.05) is 133 Å². The minimum absolute atomic E-state index is 0.209. The van der Waals surface area contributed by atoms with Crippen molar-refractivity contribution < 1.29 is 4.74 Å². The standard InChI is InChI=1S/C37H53BrOP2/c1-39-33-25-15-27-35(41(30-20-10-4-11-21-30)31-22-12-5-13-23-31)37(33)36-32(38)24-14-26-34(36)40(28-16-6-2-7-17-28)29-18-8-3-9-19-29/h14-15,24-31H,2-13,16-23H2,1H3. The molecule has 4 aliphatic carbocycles. The van der Waals surface area contributed by atoms with Crippen LogP contribution in [0.15, 0.2) is 40.9 Å². The highest BCUT2D eigenvalue weighted by atomic mass is 79.9. The predicted octanol–water partition coefficient (Wildman–Crippen LogP) is 11.7. The molecule has 0 amide bonds. The predicted molar refractivity (Wildman–Crippen MR) is 187 cm³/mol. The monoisotopic (exact) mass is 654 g/mol. The molecule has 0 atom stereocenters. The second kappa shape index (κ2) is 15.0. The maximum atomic E-state index is 6.34. The number of ether oxygens (including phenoxy) is 1. The van der Waals surface area contributed by atoms with Crippen molar-refractivity contribution in [1.82, 2.24) is 0 Å². The van der Waals surface area contributed by atoms with Crippen LogP contribution in [0.3, 0.4) is 0 Å². The molecule has 0 N–H and O–H groups in total. The summed E-state index contributed by atoms with van der Waals surface area (Å²) in [4.78, 5) is 0. The maximum Gasteiger partial charge on any atom is 0.127 e. The molecule has 0 heterocycles. The van der Waals surface area contributed by atoms with Gasteiger partial charge in [-0.05, 0) is 96.7 Å². The van der Waals surface area contributed by atoms with Gasteiger partial charge < -0.3 is 4.74 Å². The Morgan fingerprint density at radius 2 is 0.878 bits per heavy atom. The zero-order valence-corrected chi connectivity index (χ0v) is 29.0. The first-order valence-electron chi connectivity index (χ1n) is 17.3. The molecule has 0 radical (unpaired) electrons. The van der Waals surface area contributed by atoms with Gasteiger partial charge in [0.25, 0.3) is 0 Å². The zero-order valence-electron chi connectivity index (χ0n) is 25.6. The molecule has 0 saturated heterocycles. The van der Waals surface area contributed by atoms with Gasteiger partial charge in [-0.2, -0.15) is 0 Å². The molecule has 4 fully saturated rings. The summed E-state index contributed by atoms with van der Waals surface area (Å²) >= 11 is 4.20. The lowest BCUT2D eigenvalue weighted by atomic mass is 9.99. The fourth-order valence-electron chi connectivity index (χ4n) is 8.95. The number of hydrogen-bond donors (Lipinski definition) is 0. The molecule has 0 aromatic heterocycles. The van der Waals surface area contributed by atoms with Gasteiger partial charge in [0.1, 0.15) is 5.75 Å². The van der Waals surface area contributed by atoms with Crippen LogP contribution < -0.4 is 15.3 Å². The van der Waals surface area contributed by atoms with E-state index < -0.39 is 0 Å². The molecular formula is C37H53BrOP2. The van der Waals surface area contributed by atoms with Crippen LogP contribution in [0.1, 0.15) is 128 Å². The first-order valence-corrected chi connectivity index (χ1v) is 21.0. The quantitative estimate of drug-likeness (QED) is 0.257. The van der Waals surface area contributed by atoms with Crippen LogP contribution in [0.2, 0.25) is 0 Å². The third-order valence-corrected chi connectivity index (χ3v) is 18.6. The third-order valence-electron chi connectivity index (χ3n) is 10.9. The lowest BCUT2D eigenvalue weighted by molar-refractivity contribution is 0.416. The lowest BCUT2D eigenvalue weighted by Crippen LogP contribution is -2.30. The lowest BCUT2D eigenvalue weighted by Gasteiger charge is -2.41. The van der Waals surface area contributed by atoms with Gasteiger partial charge in [0.05, 0.1) is 7.11 Å². The van der Waals surface area contributed by atoms with Gasteiger partial charge in [-0.25, -0.2) is 0 Å². The molecule has 4 aliphatic rings. The van der Waals surface area contributed by atoms with E-state index in [1.165, 1.54) is 144 Å². The maximum absolute atomic E-state index is 6.34. The summed E-state index contributed by atoms with van der Waals surface area (Å²) in [6.45, 7) is 0. The Bertz CT molecular complexity index is 1070. The Balaban J connectivity index is 1.52. The number of halogens is 1. The Kier molecular flexibility index (Phi) is 11.2. The molecule has 4 heteroatoms. The zero-order chi connectivity index (χ0) is 28.0. The minimum atomic E-state index is -0.225. The van der Waals surface area contributed by atoms with Crippen molar-refractivity contribution in [3.05, 3.63) is 40.9 Å². The van der Waals surface area contributed by atoms with Crippen molar-refractivity contribution in [3.8, 4) is 16.9 Å². The molecule has 0 spiro atoms. The van der Waals surface area contributed by atoms with Gasteiger partial charge in [0.2, 0.25) is 0 Å². The fraction of sp³-hybridized carbons (Fsp3) is 0.676. The molecule has 0 bridgehead atoms. The van der Waals surface area contributed by atoms with Crippen molar-refractivity contribution >= 4 is 42.4 Å². The minimum Gasteiger partial charge on any atom is -0.496 e. The number of hydrogen-bond acceptors (Lipinski definition) is 1. The van der Waals surface area contributed by atoms with E-state index in [0.29, 0.717) is 0 Å². The molecule has 4 saturated carbocycles. The molecule has 2 aromatic rings. The van der Waals surface area contributed by atoms with E-state index in [4.69, 9.17) is 4.74 Å². The Labute approximate surface area is 262 Å². The Morgan fingerprint density at radius 1 is 0.512 bits per heavy atom. The fourth-order valence-corrected chi connectivity index (χ4v) is 17.6. The van der Waals surface area contributed by atoms with Crippen LogP contribution in [0.5, 0.6) is 5.75 Å². The molecule has 1 nitrogen and oxygen atoms in total. The van der Waals surface area contributed by atoms with E-state index in [1.54, 1.807) is 10.6 Å². The molecule has 41 heavy (non-hydrogen) atoms. The highest BCUT2D eigenvalue weighted by molar-refractivity contribution is 9.10. The summed E-state index contributed by atoms with van der Waals surface area (Å²) < 4.78 is 7.65. The molecule has 0 aliphatic heterocycles. The first kappa shape index (κ1) is 30.6. The topological polar surface area (TPSA) is 9.23 Å². The van der Waals surface area contributed by atoms with E-state index in [1.807, 2.05) is 7.11 Å². The largest absolute Gasteiger partial charge is 0.496 e. The molecule has 224 valence electrons. The van der Waals surface area contributed by atoms with Crippen molar-refractivity contribution in [2.45, 2.75) is 151 Å². The van der Waals surface area contributed by atoms with Gasteiger partial charge in [-0.15, -0.1) is 0 Å². The van der Waals surface area contributed by atoms with E-state index in [0.717, 1.165) is 28.4 Å². The smallest absolute Gasteiger partial charge is 0.127 e. The van der Waals surface area contributed by atoms with E-state index in [-0.39, 0.29) is 15.8 Å². The normalized spacial score (nSPS) is 22.4. The third kappa shape index (κ3) is 6.97. The van der Waals surface area contributed by atoms with Crippen molar-refractivity contribution in [2.75, 3.05) is 7.11 Å². The van der Waals surface area contributed by atoms with Crippen LogP contribution in [-0.2, 0) is 0 Å². The van der Waals surface area contributed by atoms with Gasteiger partial charge in [0.15, 0.2) is 0 Å². The molecular weight excluding hydrogens is 602 g/mol. The highest BCUT2D eigenvalue weighted by Gasteiger charge is 2.38. The van der Waals surface area contributed by atoms with Crippen LogP contribution in [-0.4, -0.2) is 29.7 Å². The molecule has 2 aromatic carbocycles. The summed E-state index contributed by atoms with van der Waals surface area (Å²) in [7, 11) is 1.49. The summed E-state index contributed by atoms with van der Waals surface area (Å²) in [6, 6.07) is 14.5. The number of rotatable bonds is 8. The Hall–Kier alpha value is -0.420. The summed E-state index contributed by atoms with van der Waals surface area (Å²) in [6.07, 6.45) is 28.8. The summed E-state index contributed by atoms with van der Waals surface area (Å²) in [5, 5.41) is 3.40. The second-order valence-corrected chi connectivity index (χ2v) is 19.8. The van der Waals surface area contributed by atoms with Crippen LogP contribution >= 0.6 is 31.8 Å². The highest BCUT2D eigenvalue weighted by Crippen LogP contribution is 2.60. The van der Waals surface area contributed by atoms with Crippen LogP contribution in [0, 0.1) is 0 Å². The van der Waals surface area contributed by atoms with Crippen molar-refractivity contribution in [3.63, 3.8) is 0 Å². The van der Waals surface area contributed by atoms with Crippen molar-refractivity contribution in [2.24, 2.45) is 0 Å². The van der Waals surface area contributed by atoms with E-state index in [2.05, 4.69) is 52.3 Å². The summed E-state index contributed by atoms with van der Waals surface area (Å²) in [5.74, 6) is 1.12. The van der Waals surface area contributed by atoms with E-state index >= 15 is 0 Å². The van der Waals surface area contributed by atoms with Crippen molar-refractivity contribution in [1.29, 1.82) is 0 Å². The van der Waals surface area contributed by atoms with Gasteiger partial charge in [0, 0.05) is 15.6 Å². The average Bonchev–Trinajstić information content (AvgIpc) is 3.04. The van der Waals surface area contributed by atoms with Crippen LogP contribution in [0.25, 0.3) is 11.1 Å². The first-order chi connectivity index (χ1) is 20.3. The van der Waals surface area contributed by atoms with E-state index in [9.17, 15) is 0 Å². The Morgan fingerprint density at radius 3 is 1.27 bits per heavy atom. The number of benzene rings is 2.